The molecule has 2 rings (SSSR count). The first kappa shape index (κ1) is 13.2. The van der Waals surface area contributed by atoms with Crippen molar-refractivity contribution in [3.63, 3.8) is 0 Å². The first-order valence-corrected chi connectivity index (χ1v) is 8.18. The number of aromatic nitrogens is 1. The van der Waals surface area contributed by atoms with Crippen LogP contribution < -0.4 is 5.32 Å². The average molecular weight is 315 g/mol. The second-order valence-corrected chi connectivity index (χ2v) is 6.68. The van der Waals surface area contributed by atoms with Crippen LogP contribution in [0.25, 0.3) is 0 Å². The van der Waals surface area contributed by atoms with Crippen LogP contribution in [-0.2, 0) is 0 Å². The Kier molecular flexibility index (Phi) is 4.74. The molecule has 94 valence electrons. The fourth-order valence-corrected chi connectivity index (χ4v) is 3.36. The van der Waals surface area contributed by atoms with E-state index in [1.807, 2.05) is 18.0 Å². The van der Waals surface area contributed by atoms with Crippen molar-refractivity contribution in [1.29, 1.82) is 0 Å². The Bertz CT molecular complexity index is 384. The van der Waals surface area contributed by atoms with Gasteiger partial charge in [0.2, 0.25) is 0 Å². The fraction of sp³-hybridized carbons (Fsp3) is 0.615. The predicted molar refractivity (Wildman–Crippen MR) is 79.9 cm³/mol. The largest absolute Gasteiger partial charge is 0.367 e. The number of thioether (sulfide) groups is 1. The molecule has 2 unspecified atom stereocenters. The number of nitrogens with one attached hydrogen (secondary N) is 1. The van der Waals surface area contributed by atoms with Gasteiger partial charge in [-0.3, -0.25) is 0 Å². The molecular weight excluding hydrogens is 296 g/mol. The third-order valence-electron chi connectivity index (χ3n) is 3.36. The van der Waals surface area contributed by atoms with Gasteiger partial charge in [-0.05, 0) is 60.0 Å². The maximum atomic E-state index is 4.42. The minimum Gasteiger partial charge on any atom is -0.367 e. The maximum Gasteiger partial charge on any atom is 0.126 e. The van der Waals surface area contributed by atoms with Crippen molar-refractivity contribution in [2.24, 2.45) is 0 Å². The Morgan fingerprint density at radius 2 is 2.29 bits per heavy atom. The van der Waals surface area contributed by atoms with Gasteiger partial charge in [-0.25, -0.2) is 4.98 Å². The van der Waals surface area contributed by atoms with Crippen LogP contribution in [-0.4, -0.2) is 22.5 Å². The van der Waals surface area contributed by atoms with Gasteiger partial charge in [0.05, 0.1) is 0 Å². The molecule has 2 atom stereocenters. The van der Waals surface area contributed by atoms with Crippen LogP contribution in [0.3, 0.4) is 0 Å². The standard InChI is InChI=1S/C13H19BrN2S/c1-9-6-13(15-8-12(9)14)16-10-4-3-5-11(7-10)17-2/h6,8,10-11H,3-5,7H2,1-2H3,(H,15,16). The van der Waals surface area contributed by atoms with E-state index in [4.69, 9.17) is 0 Å². The Labute approximate surface area is 116 Å². The lowest BCUT2D eigenvalue weighted by atomic mass is 9.95. The highest BCUT2D eigenvalue weighted by atomic mass is 79.9. The molecule has 0 aliphatic heterocycles. The second kappa shape index (κ2) is 6.10. The zero-order valence-corrected chi connectivity index (χ0v) is 12.8. The Morgan fingerprint density at radius 3 is 3.00 bits per heavy atom. The Balaban J connectivity index is 1.97. The molecule has 1 aliphatic carbocycles. The molecule has 1 aliphatic rings. The molecule has 1 aromatic heterocycles. The van der Waals surface area contributed by atoms with Gasteiger partial charge in [0.15, 0.2) is 0 Å². The number of nitrogens with zero attached hydrogens (tertiary/aromatic N) is 1. The number of aryl methyl sites for hydroxylation is 1. The van der Waals surface area contributed by atoms with Crippen LogP contribution in [0.4, 0.5) is 5.82 Å². The summed E-state index contributed by atoms with van der Waals surface area (Å²) in [6.45, 7) is 2.10. The minimum absolute atomic E-state index is 0.592. The van der Waals surface area contributed by atoms with Gasteiger partial charge in [-0.2, -0.15) is 11.8 Å². The van der Waals surface area contributed by atoms with Crippen molar-refractivity contribution in [1.82, 2.24) is 4.98 Å². The monoisotopic (exact) mass is 314 g/mol. The molecule has 1 N–H and O–H groups in total. The molecule has 1 saturated carbocycles. The van der Waals surface area contributed by atoms with E-state index >= 15 is 0 Å². The third kappa shape index (κ3) is 3.62. The molecule has 4 heteroatoms. The summed E-state index contributed by atoms with van der Waals surface area (Å²) < 4.78 is 1.08. The van der Waals surface area contributed by atoms with Crippen molar-refractivity contribution in [2.45, 2.75) is 43.9 Å². The molecule has 1 aromatic rings. The number of pyridine rings is 1. The summed E-state index contributed by atoms with van der Waals surface area (Å²) in [6, 6.07) is 2.71. The summed E-state index contributed by atoms with van der Waals surface area (Å²) in [6.07, 6.45) is 9.33. The molecular formula is C13H19BrN2S. The Hall–Kier alpha value is -0.220. The summed E-state index contributed by atoms with van der Waals surface area (Å²) >= 11 is 5.48. The number of anilines is 1. The minimum atomic E-state index is 0.592. The van der Waals surface area contributed by atoms with Crippen molar-refractivity contribution >= 4 is 33.5 Å². The highest BCUT2D eigenvalue weighted by molar-refractivity contribution is 9.10. The zero-order chi connectivity index (χ0) is 12.3. The number of rotatable bonds is 3. The van der Waals surface area contributed by atoms with E-state index in [0.717, 1.165) is 15.5 Å². The summed E-state index contributed by atoms with van der Waals surface area (Å²) in [4.78, 5) is 4.42. The highest BCUT2D eigenvalue weighted by Crippen LogP contribution is 2.29. The highest BCUT2D eigenvalue weighted by Gasteiger charge is 2.21. The van der Waals surface area contributed by atoms with Gasteiger partial charge in [-0.1, -0.05) is 6.42 Å². The van der Waals surface area contributed by atoms with Crippen LogP contribution in [0.15, 0.2) is 16.7 Å². The van der Waals surface area contributed by atoms with Crippen LogP contribution in [0.5, 0.6) is 0 Å². The smallest absolute Gasteiger partial charge is 0.126 e. The van der Waals surface area contributed by atoms with E-state index in [1.165, 1.54) is 31.2 Å². The van der Waals surface area contributed by atoms with Crippen molar-refractivity contribution in [3.05, 3.63) is 22.3 Å². The Morgan fingerprint density at radius 1 is 1.47 bits per heavy atom. The van der Waals surface area contributed by atoms with Gasteiger partial charge in [0.25, 0.3) is 0 Å². The zero-order valence-electron chi connectivity index (χ0n) is 10.4. The first-order chi connectivity index (χ1) is 8.19. The van der Waals surface area contributed by atoms with Gasteiger partial charge in [0, 0.05) is 22.0 Å². The van der Waals surface area contributed by atoms with E-state index in [-0.39, 0.29) is 0 Å². The molecule has 0 spiro atoms. The van der Waals surface area contributed by atoms with Crippen molar-refractivity contribution in [2.75, 3.05) is 11.6 Å². The van der Waals surface area contributed by atoms with E-state index in [1.54, 1.807) is 0 Å². The summed E-state index contributed by atoms with van der Waals surface area (Å²) in [7, 11) is 0. The quantitative estimate of drug-likeness (QED) is 0.903. The lowest BCUT2D eigenvalue weighted by molar-refractivity contribution is 0.473. The van der Waals surface area contributed by atoms with E-state index in [9.17, 15) is 0 Å². The van der Waals surface area contributed by atoms with E-state index < -0.39 is 0 Å². The molecule has 0 aromatic carbocycles. The molecule has 0 bridgehead atoms. The number of hydrogen-bond donors (Lipinski definition) is 1. The second-order valence-electron chi connectivity index (χ2n) is 4.68. The van der Waals surface area contributed by atoms with Crippen molar-refractivity contribution in [3.8, 4) is 0 Å². The van der Waals surface area contributed by atoms with Crippen LogP contribution in [0.1, 0.15) is 31.2 Å². The molecule has 1 fully saturated rings. The topological polar surface area (TPSA) is 24.9 Å². The van der Waals surface area contributed by atoms with Gasteiger partial charge < -0.3 is 5.32 Å². The number of hydrogen-bond acceptors (Lipinski definition) is 3. The molecule has 0 amide bonds. The van der Waals surface area contributed by atoms with Gasteiger partial charge in [-0.15, -0.1) is 0 Å². The first-order valence-electron chi connectivity index (χ1n) is 6.10. The van der Waals surface area contributed by atoms with E-state index in [0.29, 0.717) is 6.04 Å². The fourth-order valence-electron chi connectivity index (χ4n) is 2.32. The summed E-state index contributed by atoms with van der Waals surface area (Å²) in [5.41, 5.74) is 1.24. The normalized spacial score (nSPS) is 24.6. The van der Waals surface area contributed by atoms with Gasteiger partial charge >= 0.3 is 0 Å². The number of halogens is 1. The molecule has 2 nitrogen and oxygen atoms in total. The SMILES string of the molecule is CSC1CCCC(Nc2cc(C)c(Br)cn2)C1. The summed E-state index contributed by atoms with van der Waals surface area (Å²) in [5, 5.41) is 4.39. The van der Waals surface area contributed by atoms with Crippen LogP contribution >= 0.6 is 27.7 Å². The summed E-state index contributed by atoms with van der Waals surface area (Å²) in [5.74, 6) is 1.01. The molecule has 17 heavy (non-hydrogen) atoms. The van der Waals surface area contributed by atoms with Gasteiger partial charge in [0.1, 0.15) is 5.82 Å². The van der Waals surface area contributed by atoms with Crippen LogP contribution in [0.2, 0.25) is 0 Å². The van der Waals surface area contributed by atoms with Crippen LogP contribution in [0, 0.1) is 6.92 Å². The lowest BCUT2D eigenvalue weighted by Gasteiger charge is -2.29. The molecule has 0 radical (unpaired) electrons. The average Bonchev–Trinajstić information content (AvgIpc) is 2.34. The lowest BCUT2D eigenvalue weighted by Crippen LogP contribution is -2.28. The third-order valence-corrected chi connectivity index (χ3v) is 5.28. The van der Waals surface area contributed by atoms with E-state index in [2.05, 4.69) is 45.5 Å². The predicted octanol–water partition coefficient (Wildman–Crippen LogP) is 4.24. The molecule has 0 saturated heterocycles. The maximum absolute atomic E-state index is 4.42. The molecule has 1 heterocycles. The van der Waals surface area contributed by atoms with Crippen molar-refractivity contribution < 1.29 is 0 Å².